The molecule has 0 radical (unpaired) electrons. The zero-order valence-electron chi connectivity index (χ0n) is 6.67. The Bertz CT molecular complexity index is 351. The number of hydrogen-bond acceptors (Lipinski definition) is 2. The van der Waals surface area contributed by atoms with Gasteiger partial charge in [0.1, 0.15) is 17.1 Å². The molecule has 1 aromatic rings. The molecule has 5 heteroatoms. The van der Waals surface area contributed by atoms with E-state index < -0.39 is 17.3 Å². The highest BCUT2D eigenvalue weighted by atomic mass is 79.9. The maximum atomic E-state index is 13.1. The Hall–Kier alpha value is -1.10. The number of hydrogen-bond donors (Lipinski definition) is 1. The minimum Gasteiger partial charge on any atom is -0.496 e. The molecule has 1 rings (SSSR count). The quantitative estimate of drug-likeness (QED) is 0.874. The minimum atomic E-state index is -1.35. The Labute approximate surface area is 82.3 Å². The third-order valence-electron chi connectivity index (χ3n) is 1.45. The molecule has 0 bridgehead atoms. The molecular weight excluding hydrogens is 243 g/mol. The molecule has 0 saturated heterocycles. The van der Waals surface area contributed by atoms with E-state index in [4.69, 9.17) is 9.84 Å². The lowest BCUT2D eigenvalue weighted by atomic mass is 10.2. The number of carboxylic acid groups (broad SMARTS) is 1. The van der Waals surface area contributed by atoms with Gasteiger partial charge in [-0.1, -0.05) is 15.9 Å². The molecule has 0 saturated carbocycles. The first-order chi connectivity index (χ1) is 6.06. The van der Waals surface area contributed by atoms with Gasteiger partial charge in [0.2, 0.25) is 0 Å². The van der Waals surface area contributed by atoms with Gasteiger partial charge in [-0.3, -0.25) is 0 Å². The van der Waals surface area contributed by atoms with Crippen LogP contribution < -0.4 is 4.74 Å². The summed E-state index contributed by atoms with van der Waals surface area (Å²) in [6.45, 7) is 0. The lowest BCUT2D eigenvalue weighted by Gasteiger charge is -2.05. The molecule has 0 aromatic heterocycles. The molecule has 0 unspecified atom stereocenters. The summed E-state index contributed by atoms with van der Waals surface area (Å²) in [5.41, 5.74) is -0.453. The van der Waals surface area contributed by atoms with E-state index >= 15 is 0 Å². The Balaban J connectivity index is 3.38. The molecule has 70 valence electrons. The van der Waals surface area contributed by atoms with Crippen molar-refractivity contribution in [3.63, 3.8) is 0 Å². The first-order valence-electron chi connectivity index (χ1n) is 3.32. The van der Waals surface area contributed by atoms with Gasteiger partial charge in [0.15, 0.2) is 0 Å². The molecule has 0 spiro atoms. The number of methoxy groups -OCH3 is 1. The summed E-state index contributed by atoms with van der Waals surface area (Å²) in [4.78, 5) is 10.6. The average molecular weight is 249 g/mol. The minimum absolute atomic E-state index is 0.000579. The lowest BCUT2D eigenvalue weighted by Crippen LogP contribution is -2.03. The summed E-state index contributed by atoms with van der Waals surface area (Å²) in [7, 11) is 1.29. The van der Waals surface area contributed by atoms with E-state index in [1.165, 1.54) is 13.2 Å². The zero-order valence-corrected chi connectivity index (χ0v) is 8.26. The summed E-state index contributed by atoms with van der Waals surface area (Å²) >= 11 is 3.02. The predicted octanol–water partition coefficient (Wildman–Crippen LogP) is 2.29. The van der Waals surface area contributed by atoms with E-state index in [2.05, 4.69) is 15.9 Å². The van der Waals surface area contributed by atoms with Gasteiger partial charge >= 0.3 is 5.97 Å². The molecule has 0 amide bonds. The molecule has 0 aliphatic heterocycles. The largest absolute Gasteiger partial charge is 0.496 e. The van der Waals surface area contributed by atoms with Gasteiger partial charge in [0.05, 0.1) is 7.11 Å². The average Bonchev–Trinajstić information content (AvgIpc) is 2.01. The Morgan fingerprint density at radius 2 is 2.23 bits per heavy atom. The van der Waals surface area contributed by atoms with Crippen LogP contribution >= 0.6 is 15.9 Å². The van der Waals surface area contributed by atoms with Crippen LogP contribution in [-0.4, -0.2) is 18.2 Å². The topological polar surface area (TPSA) is 46.5 Å². The fourth-order valence-corrected chi connectivity index (χ4v) is 1.33. The molecule has 0 heterocycles. The molecule has 0 atom stereocenters. The molecule has 1 N–H and O–H groups in total. The van der Waals surface area contributed by atoms with Crippen molar-refractivity contribution in [2.24, 2.45) is 0 Å². The second-order valence-corrected chi connectivity index (χ2v) is 3.19. The van der Waals surface area contributed by atoms with Crippen LogP contribution in [0.5, 0.6) is 5.75 Å². The molecule has 1 aromatic carbocycles. The number of ether oxygens (including phenoxy) is 1. The Morgan fingerprint density at radius 3 is 2.69 bits per heavy atom. The van der Waals surface area contributed by atoms with Crippen molar-refractivity contribution in [3.8, 4) is 5.75 Å². The summed E-state index contributed by atoms with van der Waals surface area (Å²) in [5, 5.41) is 8.63. The Kier molecular flexibility index (Phi) is 2.87. The van der Waals surface area contributed by atoms with Gasteiger partial charge in [-0.2, -0.15) is 0 Å². The molecule has 0 fully saturated rings. The zero-order chi connectivity index (χ0) is 10.0. The number of rotatable bonds is 2. The van der Waals surface area contributed by atoms with Crippen molar-refractivity contribution in [1.82, 2.24) is 0 Å². The van der Waals surface area contributed by atoms with Crippen molar-refractivity contribution in [1.29, 1.82) is 0 Å². The summed E-state index contributed by atoms with van der Waals surface area (Å²) in [6, 6.07) is 2.47. The van der Waals surface area contributed by atoms with Gasteiger partial charge in [-0.05, 0) is 12.1 Å². The van der Waals surface area contributed by atoms with Gasteiger partial charge in [-0.15, -0.1) is 0 Å². The number of aromatic carboxylic acids is 1. The summed E-state index contributed by atoms with van der Waals surface area (Å²) < 4.78 is 18.2. The van der Waals surface area contributed by atoms with Crippen LogP contribution in [0.25, 0.3) is 0 Å². The number of carboxylic acids is 1. The Morgan fingerprint density at radius 1 is 1.62 bits per heavy atom. The SMILES string of the molecule is COc1cc(Br)cc(F)c1C(=O)O. The van der Waals surface area contributed by atoms with Crippen LogP contribution in [0.3, 0.4) is 0 Å². The highest BCUT2D eigenvalue weighted by molar-refractivity contribution is 9.10. The van der Waals surface area contributed by atoms with Crippen molar-refractivity contribution in [2.45, 2.75) is 0 Å². The summed E-state index contributed by atoms with van der Waals surface area (Å²) in [5.74, 6) is -2.17. The molecular formula is C8H6BrFO3. The molecule has 0 aliphatic rings. The number of benzene rings is 1. The van der Waals surface area contributed by atoms with E-state index in [1.54, 1.807) is 0 Å². The monoisotopic (exact) mass is 248 g/mol. The third kappa shape index (κ3) is 1.98. The third-order valence-corrected chi connectivity index (χ3v) is 1.91. The van der Waals surface area contributed by atoms with Crippen LogP contribution in [0.2, 0.25) is 0 Å². The van der Waals surface area contributed by atoms with E-state index in [9.17, 15) is 9.18 Å². The van der Waals surface area contributed by atoms with Gasteiger partial charge < -0.3 is 9.84 Å². The number of carbonyl (C=O) groups is 1. The van der Waals surface area contributed by atoms with E-state index in [0.29, 0.717) is 4.47 Å². The van der Waals surface area contributed by atoms with Crippen LogP contribution in [0.1, 0.15) is 10.4 Å². The fourth-order valence-electron chi connectivity index (χ4n) is 0.919. The van der Waals surface area contributed by atoms with E-state index in [-0.39, 0.29) is 5.75 Å². The van der Waals surface area contributed by atoms with Crippen molar-refractivity contribution in [3.05, 3.63) is 28.0 Å². The molecule has 3 nitrogen and oxygen atoms in total. The predicted molar refractivity (Wildman–Crippen MR) is 47.6 cm³/mol. The normalized spacial score (nSPS) is 9.77. The van der Waals surface area contributed by atoms with E-state index in [0.717, 1.165) is 6.07 Å². The molecule has 0 aliphatic carbocycles. The maximum Gasteiger partial charge on any atom is 0.342 e. The standard InChI is InChI=1S/C8H6BrFO3/c1-13-6-3-4(9)2-5(10)7(6)8(11)12/h2-3H,1H3,(H,11,12). The van der Waals surface area contributed by atoms with Crippen LogP contribution in [-0.2, 0) is 0 Å². The number of halogens is 2. The first kappa shape index (κ1) is 9.98. The first-order valence-corrected chi connectivity index (χ1v) is 4.12. The van der Waals surface area contributed by atoms with E-state index in [1.807, 2.05) is 0 Å². The maximum absolute atomic E-state index is 13.1. The van der Waals surface area contributed by atoms with Gasteiger partial charge in [0, 0.05) is 4.47 Å². The second-order valence-electron chi connectivity index (χ2n) is 2.27. The van der Waals surface area contributed by atoms with Crippen molar-refractivity contribution >= 4 is 21.9 Å². The molecule has 13 heavy (non-hydrogen) atoms. The highest BCUT2D eigenvalue weighted by Gasteiger charge is 2.17. The van der Waals surface area contributed by atoms with Gasteiger partial charge in [-0.25, -0.2) is 9.18 Å². The smallest absolute Gasteiger partial charge is 0.342 e. The van der Waals surface area contributed by atoms with Crippen LogP contribution in [0, 0.1) is 5.82 Å². The van der Waals surface area contributed by atoms with Gasteiger partial charge in [0.25, 0.3) is 0 Å². The highest BCUT2D eigenvalue weighted by Crippen LogP contribution is 2.26. The second kappa shape index (κ2) is 3.74. The van der Waals surface area contributed by atoms with Crippen LogP contribution in [0.4, 0.5) is 4.39 Å². The van der Waals surface area contributed by atoms with Crippen molar-refractivity contribution in [2.75, 3.05) is 7.11 Å². The fraction of sp³-hybridized carbons (Fsp3) is 0.125. The lowest BCUT2D eigenvalue weighted by molar-refractivity contribution is 0.0688. The van der Waals surface area contributed by atoms with Crippen LogP contribution in [0.15, 0.2) is 16.6 Å². The summed E-state index contributed by atoms with van der Waals surface area (Å²) in [6.07, 6.45) is 0. The van der Waals surface area contributed by atoms with Crippen molar-refractivity contribution < 1.29 is 19.0 Å².